The molecule has 0 radical (unpaired) electrons. The van der Waals surface area contributed by atoms with Crippen LogP contribution in [0, 0.1) is 0 Å². The van der Waals surface area contributed by atoms with Crippen LogP contribution >= 0.6 is 0 Å². The minimum absolute atomic E-state index is 0.128. The van der Waals surface area contributed by atoms with Crippen LogP contribution < -0.4 is 5.32 Å². The molecule has 0 saturated carbocycles. The van der Waals surface area contributed by atoms with Crippen LogP contribution in [0.3, 0.4) is 0 Å². The van der Waals surface area contributed by atoms with Crippen LogP contribution in [0.1, 0.15) is 97.3 Å². The Morgan fingerprint density at radius 1 is 1.13 bits per heavy atom. The highest BCUT2D eigenvalue weighted by atomic mass is 16.8. The lowest BCUT2D eigenvalue weighted by Crippen LogP contribution is -2.66. The van der Waals surface area contributed by atoms with E-state index in [1.807, 2.05) is 0 Å². The average molecular weight is 442 g/mol. The van der Waals surface area contributed by atoms with Gasteiger partial charge in [-0.05, 0) is 12.8 Å². The summed E-state index contributed by atoms with van der Waals surface area (Å²) >= 11 is 0. The van der Waals surface area contributed by atoms with Crippen molar-refractivity contribution >= 4 is 17.8 Å². The van der Waals surface area contributed by atoms with Crippen molar-refractivity contribution in [2.24, 2.45) is 0 Å². The average Bonchev–Trinajstić information content (AvgIpc) is 2.72. The Morgan fingerprint density at radius 3 is 2.39 bits per heavy atom. The molecule has 31 heavy (non-hydrogen) atoms. The number of ether oxygens (including phenoxy) is 3. The third-order valence-electron chi connectivity index (χ3n) is 6.01. The summed E-state index contributed by atoms with van der Waals surface area (Å²) in [5.74, 6) is -3.17. The number of amides is 1. The van der Waals surface area contributed by atoms with E-state index in [9.17, 15) is 19.5 Å². The van der Waals surface area contributed by atoms with E-state index in [1.54, 1.807) is 0 Å². The first-order valence-corrected chi connectivity index (χ1v) is 11.9. The molecule has 0 aromatic heterocycles. The molecule has 1 amide bonds. The highest BCUT2D eigenvalue weighted by Crippen LogP contribution is 2.39. The van der Waals surface area contributed by atoms with Gasteiger partial charge in [0.25, 0.3) is 0 Å². The topological polar surface area (TPSA) is 111 Å². The van der Waals surface area contributed by atoms with E-state index in [-0.39, 0.29) is 37.8 Å². The molecule has 2 fully saturated rings. The fourth-order valence-electron chi connectivity index (χ4n) is 4.35. The maximum absolute atomic E-state index is 12.6. The van der Waals surface area contributed by atoms with Crippen LogP contribution in [0.4, 0.5) is 0 Å². The summed E-state index contributed by atoms with van der Waals surface area (Å²) in [5, 5.41) is 12.1. The molecule has 2 aliphatic heterocycles. The maximum Gasteiger partial charge on any atom is 0.380 e. The Balaban J connectivity index is 1.80. The van der Waals surface area contributed by atoms with Crippen molar-refractivity contribution in [2.45, 2.75) is 121 Å². The maximum atomic E-state index is 12.6. The van der Waals surface area contributed by atoms with Gasteiger partial charge in [-0.3, -0.25) is 9.59 Å². The highest BCUT2D eigenvalue weighted by molar-refractivity contribution is 5.83. The van der Waals surface area contributed by atoms with Crippen LogP contribution in [-0.4, -0.2) is 53.6 Å². The monoisotopic (exact) mass is 441 g/mol. The Labute approximate surface area is 185 Å². The molecule has 1 unspecified atom stereocenters. The second-order valence-electron chi connectivity index (χ2n) is 8.69. The Bertz CT molecular complexity index is 594. The first-order valence-electron chi connectivity index (χ1n) is 11.9. The molecule has 2 N–H and O–H groups in total. The van der Waals surface area contributed by atoms with Gasteiger partial charge in [0.05, 0.1) is 6.04 Å². The van der Waals surface area contributed by atoms with Crippen molar-refractivity contribution in [2.75, 3.05) is 6.61 Å². The normalized spacial score (nSPS) is 27.5. The van der Waals surface area contributed by atoms with E-state index in [0.29, 0.717) is 12.8 Å². The lowest BCUT2D eigenvalue weighted by Gasteiger charge is -2.48. The zero-order valence-electron chi connectivity index (χ0n) is 19.0. The van der Waals surface area contributed by atoms with Gasteiger partial charge in [-0.25, -0.2) is 4.79 Å². The van der Waals surface area contributed by atoms with Crippen LogP contribution in [0.25, 0.3) is 0 Å². The molecule has 2 heterocycles. The van der Waals surface area contributed by atoms with Crippen LogP contribution in [0.2, 0.25) is 0 Å². The number of aliphatic hydroxyl groups is 1. The van der Waals surface area contributed by atoms with Crippen molar-refractivity contribution in [1.82, 2.24) is 5.32 Å². The Hall–Kier alpha value is -1.67. The summed E-state index contributed by atoms with van der Waals surface area (Å²) in [5.41, 5.74) is 0. The number of hydrogen-bond donors (Lipinski definition) is 2. The number of fused-ring (bicyclic) bond motifs is 2. The van der Waals surface area contributed by atoms with Crippen molar-refractivity contribution < 1.29 is 33.7 Å². The Morgan fingerprint density at radius 2 is 1.77 bits per heavy atom. The molecule has 8 nitrogen and oxygen atoms in total. The number of nitrogens with one attached hydrogen (secondary N) is 1. The number of cyclic esters (lactones) is 1. The molecular formula is C23H39NO7. The second-order valence-corrected chi connectivity index (χ2v) is 8.69. The van der Waals surface area contributed by atoms with Gasteiger partial charge in [0.15, 0.2) is 0 Å². The molecule has 0 aromatic rings. The highest BCUT2D eigenvalue weighted by Gasteiger charge is 2.58. The molecule has 2 aliphatic rings. The predicted octanol–water partition coefficient (Wildman–Crippen LogP) is 3.14. The smallest absolute Gasteiger partial charge is 0.380 e. The summed E-state index contributed by atoms with van der Waals surface area (Å²) in [6, 6.07) is -0.369. The zero-order valence-corrected chi connectivity index (χ0v) is 19.0. The number of carbonyl (C=O) groups is 3. The van der Waals surface area contributed by atoms with Crippen molar-refractivity contribution in [3.63, 3.8) is 0 Å². The van der Waals surface area contributed by atoms with E-state index in [1.165, 1.54) is 45.4 Å². The second kappa shape index (κ2) is 13.0. The number of carbonyl (C=O) groups excluding carboxylic acids is 3. The summed E-state index contributed by atoms with van der Waals surface area (Å²) in [7, 11) is 0. The minimum Gasteiger partial charge on any atom is -0.455 e. The number of esters is 2. The molecule has 2 rings (SSSR count). The van der Waals surface area contributed by atoms with E-state index >= 15 is 0 Å². The first kappa shape index (κ1) is 25.6. The molecule has 0 spiro atoms. The molecule has 0 aliphatic carbocycles. The van der Waals surface area contributed by atoms with Crippen molar-refractivity contribution in [1.29, 1.82) is 0 Å². The molecule has 8 heteroatoms. The summed E-state index contributed by atoms with van der Waals surface area (Å²) in [6.07, 6.45) is 9.89. The van der Waals surface area contributed by atoms with Gasteiger partial charge >= 0.3 is 17.7 Å². The summed E-state index contributed by atoms with van der Waals surface area (Å²) in [4.78, 5) is 36.5. The SMILES string of the molecule is CCCCCCCCCCCC(=O)O[C@@]12CC[C@@H](NC(C)=O)[C@H](O1)C(CCO)OC2=O. The number of rotatable bonds is 14. The fourth-order valence-corrected chi connectivity index (χ4v) is 4.35. The van der Waals surface area contributed by atoms with Gasteiger partial charge in [0, 0.05) is 32.8 Å². The fraction of sp³-hybridized carbons (Fsp3) is 0.870. The quantitative estimate of drug-likeness (QED) is 0.315. The Kier molecular flexibility index (Phi) is 10.7. The molecule has 2 saturated heterocycles. The molecule has 2 bridgehead atoms. The molecular weight excluding hydrogens is 402 g/mol. The largest absolute Gasteiger partial charge is 0.455 e. The minimum atomic E-state index is -1.75. The molecule has 0 aromatic carbocycles. The number of unbranched alkanes of at least 4 members (excludes halogenated alkanes) is 8. The summed E-state index contributed by atoms with van der Waals surface area (Å²) in [6.45, 7) is 3.43. The van der Waals surface area contributed by atoms with Gasteiger partial charge in [0.1, 0.15) is 12.2 Å². The lowest BCUT2D eigenvalue weighted by atomic mass is 9.89. The lowest BCUT2D eigenvalue weighted by molar-refractivity contribution is -0.315. The molecule has 4 atom stereocenters. The van der Waals surface area contributed by atoms with Gasteiger partial charge in [-0.2, -0.15) is 0 Å². The third kappa shape index (κ3) is 7.75. The number of hydrogen-bond acceptors (Lipinski definition) is 7. The van der Waals surface area contributed by atoms with Crippen LogP contribution in [0.15, 0.2) is 0 Å². The van der Waals surface area contributed by atoms with Gasteiger partial charge < -0.3 is 24.6 Å². The molecule has 178 valence electrons. The van der Waals surface area contributed by atoms with E-state index in [2.05, 4.69) is 12.2 Å². The number of aliphatic hydroxyl groups excluding tert-OH is 1. The van der Waals surface area contributed by atoms with Gasteiger partial charge in [-0.1, -0.05) is 58.3 Å². The first-order chi connectivity index (χ1) is 14.9. The van der Waals surface area contributed by atoms with Gasteiger partial charge in [0.2, 0.25) is 5.91 Å². The van der Waals surface area contributed by atoms with Crippen LogP contribution in [0.5, 0.6) is 0 Å². The standard InChI is InChI=1S/C23H39NO7/c1-3-4-5-6-7-8-9-10-11-12-20(27)30-23-15-13-18(24-17(2)26)21(31-23)19(14-16-25)29-22(23)28/h18-19,21,25H,3-16H2,1-2H3,(H,24,26)/t18-,19?,21+,23+/m1/s1. The van der Waals surface area contributed by atoms with Crippen molar-refractivity contribution in [3.05, 3.63) is 0 Å². The van der Waals surface area contributed by atoms with Crippen LogP contribution in [-0.2, 0) is 28.6 Å². The van der Waals surface area contributed by atoms with E-state index in [0.717, 1.165) is 12.8 Å². The van der Waals surface area contributed by atoms with Crippen molar-refractivity contribution in [3.8, 4) is 0 Å². The van der Waals surface area contributed by atoms with E-state index in [4.69, 9.17) is 14.2 Å². The third-order valence-corrected chi connectivity index (χ3v) is 6.01. The zero-order chi connectivity index (χ0) is 22.7. The van der Waals surface area contributed by atoms with Gasteiger partial charge in [-0.15, -0.1) is 0 Å². The summed E-state index contributed by atoms with van der Waals surface area (Å²) < 4.78 is 16.9. The van der Waals surface area contributed by atoms with E-state index < -0.39 is 29.9 Å². The predicted molar refractivity (Wildman–Crippen MR) is 114 cm³/mol.